The van der Waals surface area contributed by atoms with Gasteiger partial charge in [0.2, 0.25) is 0 Å². The van der Waals surface area contributed by atoms with E-state index < -0.39 is 39.4 Å². The highest BCUT2D eigenvalue weighted by Gasteiger charge is 2.67. The molecule has 2 unspecified atom stereocenters. The lowest BCUT2D eigenvalue weighted by Gasteiger charge is -2.57. The zero-order chi connectivity index (χ0) is 22.7. The molecule has 0 bridgehead atoms. The van der Waals surface area contributed by atoms with Crippen molar-refractivity contribution in [3.05, 3.63) is 35.9 Å². The van der Waals surface area contributed by atoms with Gasteiger partial charge in [-0.15, -0.1) is 4.59 Å². The van der Waals surface area contributed by atoms with E-state index in [9.17, 15) is 24.6 Å². The first-order valence-electron chi connectivity index (χ1n) is 9.82. The molecule has 2 amide bonds. The molecule has 0 spiro atoms. The SMILES string of the molecule is CC(C)(C)C1(C(=O)O)CCC[N+](Cc2ccccc2)(C(=O)O)N1C(=O)C(CBr)CBr. The van der Waals surface area contributed by atoms with Crippen molar-refractivity contribution in [3.63, 3.8) is 0 Å². The molecule has 1 aromatic carbocycles. The molecule has 1 heterocycles. The van der Waals surface area contributed by atoms with E-state index in [0.29, 0.717) is 17.1 Å². The van der Waals surface area contributed by atoms with E-state index in [1.165, 1.54) is 5.01 Å². The standard InChI is InChI=1S/C21H28Br2N2O5/c1-20(2,3)21(18(27)28)10-7-11-25(19(29)30,14-15-8-5-4-6-9-15)24(21)17(26)16(12-22)13-23/h4-6,8-9,16H,7,10-14H2,1-3H3,(H-,27,28,29,30)/p+1. The Labute approximate surface area is 193 Å². The second-order valence-corrected chi connectivity index (χ2v) is 10.0. The van der Waals surface area contributed by atoms with Crippen molar-refractivity contribution in [1.82, 2.24) is 5.01 Å². The lowest BCUT2D eigenvalue weighted by molar-refractivity contribution is -0.985. The Morgan fingerprint density at radius 3 is 2.13 bits per heavy atom. The summed E-state index contributed by atoms with van der Waals surface area (Å²) in [6.45, 7) is 5.39. The first-order chi connectivity index (χ1) is 14.0. The maximum absolute atomic E-state index is 13.8. The van der Waals surface area contributed by atoms with Crippen LogP contribution >= 0.6 is 31.9 Å². The van der Waals surface area contributed by atoms with E-state index in [1.807, 2.05) is 6.07 Å². The Kier molecular flexibility index (Phi) is 7.74. The quantitative estimate of drug-likeness (QED) is 0.403. The van der Waals surface area contributed by atoms with Gasteiger partial charge >= 0.3 is 12.1 Å². The third-order valence-electron chi connectivity index (χ3n) is 5.98. The minimum absolute atomic E-state index is 0.00961. The third-order valence-corrected chi connectivity index (χ3v) is 7.54. The Balaban J connectivity index is 2.81. The van der Waals surface area contributed by atoms with Crippen LogP contribution in [-0.2, 0) is 16.1 Å². The highest BCUT2D eigenvalue weighted by Crippen LogP contribution is 2.47. The number of carbonyl (C=O) groups excluding carboxylic acids is 1. The molecule has 2 N–H and O–H groups in total. The van der Waals surface area contributed by atoms with Gasteiger partial charge in [0.1, 0.15) is 13.1 Å². The molecule has 0 saturated carbocycles. The van der Waals surface area contributed by atoms with E-state index in [2.05, 4.69) is 31.9 Å². The fourth-order valence-corrected chi connectivity index (χ4v) is 5.97. The molecule has 2 rings (SSSR count). The van der Waals surface area contributed by atoms with Crippen molar-refractivity contribution in [2.45, 2.75) is 45.7 Å². The third kappa shape index (κ3) is 4.16. The van der Waals surface area contributed by atoms with Crippen LogP contribution in [0, 0.1) is 11.3 Å². The van der Waals surface area contributed by atoms with Crippen LogP contribution in [0.1, 0.15) is 39.2 Å². The van der Waals surface area contributed by atoms with Crippen molar-refractivity contribution in [2.75, 3.05) is 17.2 Å². The van der Waals surface area contributed by atoms with Crippen LogP contribution in [0.15, 0.2) is 30.3 Å². The van der Waals surface area contributed by atoms with Crippen LogP contribution in [0.3, 0.4) is 0 Å². The van der Waals surface area contributed by atoms with Gasteiger partial charge in [0.25, 0.3) is 5.91 Å². The molecule has 1 aliphatic rings. The predicted molar refractivity (Wildman–Crippen MR) is 120 cm³/mol. The number of halogens is 2. The van der Waals surface area contributed by atoms with Crippen molar-refractivity contribution in [1.29, 1.82) is 0 Å². The van der Waals surface area contributed by atoms with Crippen molar-refractivity contribution < 1.29 is 29.2 Å². The Hall–Kier alpha value is -1.45. The van der Waals surface area contributed by atoms with Crippen molar-refractivity contribution >= 4 is 49.8 Å². The van der Waals surface area contributed by atoms with E-state index in [4.69, 9.17) is 0 Å². The molecule has 166 valence electrons. The molecular formula is C21H29Br2N2O5+. The maximum Gasteiger partial charge on any atom is 0.539 e. The molecule has 0 aromatic heterocycles. The molecule has 9 heteroatoms. The monoisotopic (exact) mass is 547 g/mol. The van der Waals surface area contributed by atoms with Crippen LogP contribution in [0.2, 0.25) is 0 Å². The van der Waals surface area contributed by atoms with Gasteiger partial charge in [0.15, 0.2) is 5.54 Å². The number of aliphatic carboxylic acids is 1. The van der Waals surface area contributed by atoms with E-state index in [0.717, 1.165) is 5.56 Å². The number of hydrogen-bond acceptors (Lipinski definition) is 3. The molecular weight excluding hydrogens is 520 g/mol. The fourth-order valence-electron chi connectivity index (χ4n) is 4.35. The van der Waals surface area contributed by atoms with E-state index >= 15 is 0 Å². The highest BCUT2D eigenvalue weighted by atomic mass is 79.9. The van der Waals surface area contributed by atoms with Gasteiger partial charge in [0.05, 0.1) is 5.92 Å². The number of alkyl halides is 2. The summed E-state index contributed by atoms with van der Waals surface area (Å²) in [7, 11) is 0. The van der Waals surface area contributed by atoms with Gasteiger partial charge in [-0.1, -0.05) is 83.0 Å². The molecule has 1 aliphatic heterocycles. The number of carboxylic acid groups (broad SMARTS) is 2. The number of carboxylic acids is 1. The largest absolute Gasteiger partial charge is 0.539 e. The normalized spacial score (nSPS) is 24.7. The summed E-state index contributed by atoms with van der Waals surface area (Å²) < 4.78 is -0.761. The summed E-state index contributed by atoms with van der Waals surface area (Å²) in [5.74, 6) is -2.27. The van der Waals surface area contributed by atoms with E-state index in [1.54, 1.807) is 45.0 Å². The molecule has 7 nitrogen and oxygen atoms in total. The summed E-state index contributed by atoms with van der Waals surface area (Å²) >= 11 is 6.66. The van der Waals surface area contributed by atoms with Crippen LogP contribution in [0.25, 0.3) is 0 Å². The fraction of sp³-hybridized carbons (Fsp3) is 0.571. The topological polar surface area (TPSA) is 94.9 Å². The zero-order valence-corrected chi connectivity index (χ0v) is 20.6. The molecule has 0 radical (unpaired) electrons. The second-order valence-electron chi connectivity index (χ2n) is 8.75. The molecule has 2 atom stereocenters. The molecule has 30 heavy (non-hydrogen) atoms. The average Bonchev–Trinajstić information content (AvgIpc) is 2.68. The zero-order valence-electron chi connectivity index (χ0n) is 17.5. The number of rotatable bonds is 6. The maximum atomic E-state index is 13.8. The minimum atomic E-state index is -1.67. The van der Waals surface area contributed by atoms with Crippen molar-refractivity contribution in [3.8, 4) is 0 Å². The molecule has 1 fully saturated rings. The number of hydrogen-bond donors (Lipinski definition) is 2. The van der Waals surface area contributed by atoms with Crippen LogP contribution in [0.5, 0.6) is 0 Å². The highest BCUT2D eigenvalue weighted by molar-refractivity contribution is 9.09. The smallest absolute Gasteiger partial charge is 0.479 e. The number of carbonyl (C=O) groups is 3. The summed E-state index contributed by atoms with van der Waals surface area (Å²) in [6.07, 6.45) is -0.666. The van der Waals surface area contributed by atoms with Gasteiger partial charge in [-0.2, -0.15) is 9.80 Å². The summed E-state index contributed by atoms with van der Waals surface area (Å²) in [6, 6.07) is 9.03. The minimum Gasteiger partial charge on any atom is -0.479 e. The predicted octanol–water partition coefficient (Wildman–Crippen LogP) is 4.49. The van der Waals surface area contributed by atoms with Gasteiger partial charge in [-0.05, 0) is 6.42 Å². The average molecular weight is 549 g/mol. The Morgan fingerprint density at radius 2 is 1.70 bits per heavy atom. The van der Waals surface area contributed by atoms with Gasteiger partial charge in [-0.3, -0.25) is 4.79 Å². The van der Waals surface area contributed by atoms with Crippen LogP contribution in [0.4, 0.5) is 4.79 Å². The molecule has 1 saturated heterocycles. The van der Waals surface area contributed by atoms with Gasteiger partial charge < -0.3 is 10.2 Å². The number of amides is 2. The lowest BCUT2D eigenvalue weighted by atomic mass is 9.68. The molecule has 0 aliphatic carbocycles. The summed E-state index contributed by atoms with van der Waals surface area (Å²) in [5, 5.41) is 22.6. The second kappa shape index (κ2) is 9.36. The van der Waals surface area contributed by atoms with Gasteiger partial charge in [-0.25, -0.2) is 4.79 Å². The lowest BCUT2D eigenvalue weighted by Crippen LogP contribution is -2.80. The number of quaternary nitrogens is 1. The summed E-state index contributed by atoms with van der Waals surface area (Å²) in [4.78, 5) is 39.3. The molecule has 1 aromatic rings. The Morgan fingerprint density at radius 1 is 1.13 bits per heavy atom. The number of nitrogens with zero attached hydrogens (tertiary/aromatic N) is 2. The summed E-state index contributed by atoms with van der Waals surface area (Å²) in [5.41, 5.74) is -1.84. The first-order valence-corrected chi connectivity index (χ1v) is 12.1. The van der Waals surface area contributed by atoms with Crippen molar-refractivity contribution in [2.24, 2.45) is 11.3 Å². The Bertz CT molecular complexity index is 794. The van der Waals surface area contributed by atoms with E-state index in [-0.39, 0.29) is 19.5 Å². The van der Waals surface area contributed by atoms with Crippen LogP contribution < -0.4 is 0 Å². The van der Waals surface area contributed by atoms with Gasteiger partial charge in [0, 0.05) is 28.1 Å². The van der Waals surface area contributed by atoms with Crippen LogP contribution in [-0.4, -0.2) is 60.5 Å². The first kappa shape index (κ1) is 24.8. The number of benzene rings is 1.